The number of carbonyl (C=O) groups excluding carboxylic acids is 2. The topological polar surface area (TPSA) is 54.8 Å². The van der Waals surface area contributed by atoms with Gasteiger partial charge >= 0.3 is 0 Å². The number of nitrogens with zero attached hydrogens (tertiary/aromatic N) is 3. The summed E-state index contributed by atoms with van der Waals surface area (Å²) in [6, 6.07) is 11.0. The number of amides is 2. The number of carbonyl (C=O) groups is 2. The summed E-state index contributed by atoms with van der Waals surface area (Å²) in [6.07, 6.45) is 3.99. The van der Waals surface area contributed by atoms with Crippen LogP contribution in [0.4, 0.5) is 0 Å². The lowest BCUT2D eigenvalue weighted by Gasteiger charge is -2.28. The minimum absolute atomic E-state index is 0.0234. The van der Waals surface area contributed by atoms with Gasteiger partial charge in [0.25, 0.3) is 5.91 Å². The second-order valence-electron chi connectivity index (χ2n) is 7.09. The predicted octanol–water partition coefficient (Wildman–Crippen LogP) is 2.96. The molecule has 2 amide bonds. The molecule has 0 unspecified atom stereocenters. The lowest BCUT2D eigenvalue weighted by atomic mass is 10.2. The molecule has 6 nitrogen and oxygen atoms in total. The first kappa shape index (κ1) is 20.4. The number of ether oxygens (including phenoxy) is 1. The van der Waals surface area contributed by atoms with E-state index in [1.54, 1.807) is 31.4 Å². The van der Waals surface area contributed by atoms with Crippen LogP contribution in [0.15, 0.2) is 42.6 Å². The van der Waals surface area contributed by atoms with Crippen LogP contribution in [0.3, 0.4) is 0 Å². The summed E-state index contributed by atoms with van der Waals surface area (Å²) in [5.41, 5.74) is 1.54. The molecule has 28 heavy (non-hydrogen) atoms. The van der Waals surface area contributed by atoms with Crippen LogP contribution in [0, 0.1) is 0 Å². The van der Waals surface area contributed by atoms with Crippen molar-refractivity contribution in [3.8, 4) is 0 Å². The van der Waals surface area contributed by atoms with Gasteiger partial charge in [-0.1, -0.05) is 17.7 Å². The number of hydrogen-bond acceptors (Lipinski definition) is 3. The summed E-state index contributed by atoms with van der Waals surface area (Å²) in [6.45, 7) is 1.28. The number of benzene rings is 1. The molecule has 0 bridgehead atoms. The molecule has 1 heterocycles. The van der Waals surface area contributed by atoms with Gasteiger partial charge in [-0.25, -0.2) is 0 Å². The van der Waals surface area contributed by atoms with Crippen LogP contribution < -0.4 is 0 Å². The molecule has 0 aliphatic heterocycles. The van der Waals surface area contributed by atoms with Gasteiger partial charge in [-0.2, -0.15) is 0 Å². The number of aryl methyl sites for hydroxylation is 1. The van der Waals surface area contributed by atoms with E-state index >= 15 is 0 Å². The second kappa shape index (κ2) is 9.26. The van der Waals surface area contributed by atoms with Gasteiger partial charge in [-0.3, -0.25) is 9.59 Å². The summed E-state index contributed by atoms with van der Waals surface area (Å²) in [5.74, 6) is -0.266. The van der Waals surface area contributed by atoms with Gasteiger partial charge in [0.2, 0.25) is 5.91 Å². The van der Waals surface area contributed by atoms with Crippen molar-refractivity contribution >= 4 is 23.4 Å². The summed E-state index contributed by atoms with van der Waals surface area (Å²) in [5, 5.41) is 0.493. The van der Waals surface area contributed by atoms with E-state index in [4.69, 9.17) is 16.3 Å². The lowest BCUT2D eigenvalue weighted by molar-refractivity contribution is -0.133. The van der Waals surface area contributed by atoms with Crippen LogP contribution >= 0.6 is 11.6 Å². The average molecular weight is 404 g/mol. The van der Waals surface area contributed by atoms with E-state index in [9.17, 15) is 9.59 Å². The standard InChI is InChI=1S/C21H26ClN3O3/c1-23-10-4-7-19(23)14-25(18-8-9-18)20(26)15-24(11-12-28-2)21(27)16-5-3-6-17(22)13-16/h3-7,10,13,18H,8-9,11-12,14-15H2,1-2H3. The van der Waals surface area contributed by atoms with E-state index in [1.165, 1.54) is 4.90 Å². The van der Waals surface area contributed by atoms with Crippen molar-refractivity contribution in [1.82, 2.24) is 14.4 Å². The van der Waals surface area contributed by atoms with E-state index in [-0.39, 0.29) is 24.4 Å². The average Bonchev–Trinajstić information content (AvgIpc) is 3.44. The quantitative estimate of drug-likeness (QED) is 0.646. The van der Waals surface area contributed by atoms with Crippen LogP contribution in [0.5, 0.6) is 0 Å². The molecule has 3 rings (SSSR count). The molecule has 0 saturated heterocycles. The Bertz CT molecular complexity index is 832. The molecule has 1 saturated carbocycles. The number of rotatable bonds is 9. The lowest BCUT2D eigenvalue weighted by Crippen LogP contribution is -2.44. The Morgan fingerprint density at radius 1 is 1.25 bits per heavy atom. The van der Waals surface area contributed by atoms with Crippen LogP contribution in [0.1, 0.15) is 28.9 Å². The van der Waals surface area contributed by atoms with Gasteiger partial charge in [-0.05, 0) is 43.2 Å². The monoisotopic (exact) mass is 403 g/mol. The van der Waals surface area contributed by atoms with Crippen molar-refractivity contribution in [2.24, 2.45) is 7.05 Å². The Hall–Kier alpha value is -2.31. The second-order valence-corrected chi connectivity index (χ2v) is 7.53. The van der Waals surface area contributed by atoms with Gasteiger partial charge in [0.15, 0.2) is 0 Å². The van der Waals surface area contributed by atoms with Crippen LogP contribution in [-0.4, -0.2) is 59.0 Å². The van der Waals surface area contributed by atoms with Crippen LogP contribution in [0.2, 0.25) is 5.02 Å². The number of halogens is 1. The normalized spacial score (nSPS) is 13.4. The molecule has 1 aromatic carbocycles. The Labute approximate surface area is 170 Å². The maximum absolute atomic E-state index is 13.1. The van der Waals surface area contributed by atoms with E-state index in [1.807, 2.05) is 34.8 Å². The van der Waals surface area contributed by atoms with Gasteiger partial charge in [0.05, 0.1) is 13.2 Å². The zero-order valence-corrected chi connectivity index (χ0v) is 17.1. The van der Waals surface area contributed by atoms with E-state index in [2.05, 4.69) is 0 Å². The SMILES string of the molecule is COCCN(CC(=O)N(Cc1cccn1C)C1CC1)C(=O)c1cccc(Cl)c1. The summed E-state index contributed by atoms with van der Waals surface area (Å²) in [7, 11) is 3.55. The molecule has 0 spiro atoms. The molecule has 1 aliphatic carbocycles. The molecule has 1 aliphatic rings. The zero-order chi connectivity index (χ0) is 20.1. The first-order valence-electron chi connectivity index (χ1n) is 9.43. The number of aromatic nitrogens is 1. The fraction of sp³-hybridized carbons (Fsp3) is 0.429. The third-order valence-electron chi connectivity index (χ3n) is 4.94. The molecule has 7 heteroatoms. The van der Waals surface area contributed by atoms with Gasteiger partial charge in [0.1, 0.15) is 6.54 Å². The third-order valence-corrected chi connectivity index (χ3v) is 5.18. The minimum atomic E-state index is -0.220. The largest absolute Gasteiger partial charge is 0.383 e. The maximum atomic E-state index is 13.1. The van der Waals surface area contributed by atoms with Crippen molar-refractivity contribution < 1.29 is 14.3 Å². The summed E-state index contributed by atoms with van der Waals surface area (Å²) in [4.78, 5) is 29.5. The molecular weight excluding hydrogens is 378 g/mol. The summed E-state index contributed by atoms with van der Waals surface area (Å²) < 4.78 is 7.15. The maximum Gasteiger partial charge on any atom is 0.254 e. The Morgan fingerprint density at radius 2 is 2.04 bits per heavy atom. The van der Waals surface area contributed by atoms with Crippen molar-refractivity contribution in [3.05, 3.63) is 58.9 Å². The number of methoxy groups -OCH3 is 1. The van der Waals surface area contributed by atoms with E-state index in [0.29, 0.717) is 30.3 Å². The van der Waals surface area contributed by atoms with Crippen molar-refractivity contribution in [1.29, 1.82) is 0 Å². The predicted molar refractivity (Wildman–Crippen MR) is 108 cm³/mol. The van der Waals surface area contributed by atoms with Gasteiger partial charge in [0, 0.05) is 49.2 Å². The summed E-state index contributed by atoms with van der Waals surface area (Å²) >= 11 is 6.03. The fourth-order valence-electron chi connectivity index (χ4n) is 3.15. The van der Waals surface area contributed by atoms with Crippen molar-refractivity contribution in [2.75, 3.05) is 26.8 Å². The molecule has 0 radical (unpaired) electrons. The molecule has 1 aromatic heterocycles. The molecular formula is C21H26ClN3O3. The van der Waals surface area contributed by atoms with Gasteiger partial charge < -0.3 is 19.1 Å². The highest BCUT2D eigenvalue weighted by Crippen LogP contribution is 2.28. The zero-order valence-electron chi connectivity index (χ0n) is 16.3. The Balaban J connectivity index is 1.73. The van der Waals surface area contributed by atoms with Gasteiger partial charge in [-0.15, -0.1) is 0 Å². The Kier molecular flexibility index (Phi) is 6.75. The highest BCUT2D eigenvalue weighted by molar-refractivity contribution is 6.30. The van der Waals surface area contributed by atoms with E-state index in [0.717, 1.165) is 18.5 Å². The van der Waals surface area contributed by atoms with Crippen LogP contribution in [0.25, 0.3) is 0 Å². The van der Waals surface area contributed by atoms with Crippen molar-refractivity contribution in [2.45, 2.75) is 25.4 Å². The highest BCUT2D eigenvalue weighted by Gasteiger charge is 2.34. The molecule has 150 valence electrons. The van der Waals surface area contributed by atoms with Crippen LogP contribution in [-0.2, 0) is 23.1 Å². The molecule has 2 aromatic rings. The first-order chi connectivity index (χ1) is 13.5. The number of hydrogen-bond donors (Lipinski definition) is 0. The third kappa shape index (κ3) is 5.14. The first-order valence-corrected chi connectivity index (χ1v) is 9.81. The fourth-order valence-corrected chi connectivity index (χ4v) is 3.34. The smallest absolute Gasteiger partial charge is 0.254 e. The molecule has 1 fully saturated rings. The van der Waals surface area contributed by atoms with E-state index < -0.39 is 0 Å². The molecule has 0 N–H and O–H groups in total. The molecule has 0 atom stereocenters. The highest BCUT2D eigenvalue weighted by atomic mass is 35.5. The van der Waals surface area contributed by atoms with Crippen molar-refractivity contribution in [3.63, 3.8) is 0 Å². The minimum Gasteiger partial charge on any atom is -0.383 e. The Morgan fingerprint density at radius 3 is 2.64 bits per heavy atom.